The number of piperazine rings is 1. The summed E-state index contributed by atoms with van der Waals surface area (Å²) in [6.07, 6.45) is 0. The first-order valence-corrected chi connectivity index (χ1v) is 5.37. The van der Waals surface area contributed by atoms with E-state index < -0.39 is 5.60 Å². The highest BCUT2D eigenvalue weighted by molar-refractivity contribution is 5.78. The summed E-state index contributed by atoms with van der Waals surface area (Å²) in [5, 5.41) is 16.9. The maximum Gasteiger partial charge on any atom is 0.105 e. The molecule has 0 bridgehead atoms. The molecule has 0 aromatic rings. The number of hydrogen-bond acceptors (Lipinski definition) is 4. The van der Waals surface area contributed by atoms with Crippen molar-refractivity contribution in [3.8, 4) is 0 Å². The largest absolute Gasteiger partial charge is 0.389 e. The lowest BCUT2D eigenvalue weighted by atomic mass is 10.1. The topological polar surface area (TPSA) is 76.6 Å². The van der Waals surface area contributed by atoms with Gasteiger partial charge < -0.3 is 10.8 Å². The maximum atomic E-state index is 9.67. The van der Waals surface area contributed by atoms with Crippen molar-refractivity contribution < 1.29 is 5.11 Å². The monoisotopic (exact) mass is 214 g/mol. The van der Waals surface area contributed by atoms with Crippen LogP contribution >= 0.6 is 0 Å². The zero-order chi connectivity index (χ0) is 11.5. The van der Waals surface area contributed by atoms with Gasteiger partial charge in [-0.05, 0) is 13.8 Å². The standard InChI is InChI=1S/C10H22N4O/c1-10(2,15)8-14-5-3-13(4-6-14)7-9(11)12/h15H,3-8H2,1-2H3,(H3,11,12). The quantitative estimate of drug-likeness (QED) is 0.428. The van der Waals surface area contributed by atoms with Gasteiger partial charge in [0.1, 0.15) is 5.84 Å². The van der Waals surface area contributed by atoms with Gasteiger partial charge in [0.25, 0.3) is 0 Å². The summed E-state index contributed by atoms with van der Waals surface area (Å²) < 4.78 is 0. The lowest BCUT2D eigenvalue weighted by Gasteiger charge is -2.37. The number of amidine groups is 1. The van der Waals surface area contributed by atoms with Crippen molar-refractivity contribution in [2.45, 2.75) is 19.4 Å². The Labute approximate surface area is 91.4 Å². The predicted molar refractivity (Wildman–Crippen MR) is 61.1 cm³/mol. The van der Waals surface area contributed by atoms with E-state index in [4.69, 9.17) is 11.1 Å². The Kier molecular flexibility index (Phi) is 4.07. The molecule has 4 N–H and O–H groups in total. The molecule has 0 saturated carbocycles. The zero-order valence-electron chi connectivity index (χ0n) is 9.66. The first kappa shape index (κ1) is 12.4. The van der Waals surface area contributed by atoms with Crippen molar-refractivity contribution in [3.05, 3.63) is 0 Å². The minimum absolute atomic E-state index is 0.228. The van der Waals surface area contributed by atoms with Crippen LogP contribution in [-0.4, -0.2) is 65.6 Å². The molecular weight excluding hydrogens is 192 g/mol. The van der Waals surface area contributed by atoms with E-state index in [9.17, 15) is 5.11 Å². The molecular formula is C10H22N4O. The molecule has 0 radical (unpaired) electrons. The van der Waals surface area contributed by atoms with Crippen LogP contribution < -0.4 is 5.73 Å². The van der Waals surface area contributed by atoms with Gasteiger partial charge in [-0.15, -0.1) is 0 Å². The number of nitrogens with two attached hydrogens (primary N) is 1. The number of β-amino-alcohol motifs (C(OH)–C–C–N with tert-alkyl or cyclic N) is 1. The van der Waals surface area contributed by atoms with E-state index in [2.05, 4.69) is 9.80 Å². The molecule has 0 atom stereocenters. The molecule has 0 aromatic heterocycles. The second-order valence-electron chi connectivity index (χ2n) is 4.89. The molecule has 88 valence electrons. The normalized spacial score (nSPS) is 20.5. The minimum Gasteiger partial charge on any atom is -0.389 e. The van der Waals surface area contributed by atoms with Gasteiger partial charge in [0.15, 0.2) is 0 Å². The Balaban J connectivity index is 2.27. The summed E-state index contributed by atoms with van der Waals surface area (Å²) in [5.41, 5.74) is 4.73. The van der Waals surface area contributed by atoms with Crippen LogP contribution in [0.4, 0.5) is 0 Å². The van der Waals surface area contributed by atoms with Crippen LogP contribution in [0.1, 0.15) is 13.8 Å². The molecule has 1 fully saturated rings. The van der Waals surface area contributed by atoms with Crippen molar-refractivity contribution in [3.63, 3.8) is 0 Å². The minimum atomic E-state index is -0.622. The predicted octanol–water partition coefficient (Wildman–Crippen LogP) is -0.689. The average Bonchev–Trinajstić information content (AvgIpc) is 2.05. The molecule has 1 aliphatic heterocycles. The van der Waals surface area contributed by atoms with Gasteiger partial charge >= 0.3 is 0 Å². The Morgan fingerprint density at radius 2 is 1.73 bits per heavy atom. The SMILES string of the molecule is CC(C)(O)CN1CCN(CC(=N)N)CC1. The molecule has 5 heteroatoms. The fraction of sp³-hybridized carbons (Fsp3) is 0.900. The van der Waals surface area contributed by atoms with Crippen LogP contribution in [0.5, 0.6) is 0 Å². The second kappa shape index (κ2) is 4.92. The number of nitrogens with zero attached hydrogens (tertiary/aromatic N) is 2. The fourth-order valence-corrected chi connectivity index (χ4v) is 1.89. The number of rotatable bonds is 4. The van der Waals surface area contributed by atoms with E-state index in [0.717, 1.165) is 26.2 Å². The first-order chi connectivity index (χ1) is 6.87. The van der Waals surface area contributed by atoms with Crippen LogP contribution in [0.25, 0.3) is 0 Å². The van der Waals surface area contributed by atoms with Gasteiger partial charge in [0.05, 0.1) is 12.1 Å². The van der Waals surface area contributed by atoms with Gasteiger partial charge in [-0.2, -0.15) is 0 Å². The highest BCUT2D eigenvalue weighted by atomic mass is 16.3. The van der Waals surface area contributed by atoms with Gasteiger partial charge in [0, 0.05) is 32.7 Å². The van der Waals surface area contributed by atoms with E-state index >= 15 is 0 Å². The Morgan fingerprint density at radius 3 is 2.13 bits per heavy atom. The van der Waals surface area contributed by atoms with Gasteiger partial charge in [0.2, 0.25) is 0 Å². The molecule has 15 heavy (non-hydrogen) atoms. The van der Waals surface area contributed by atoms with E-state index in [-0.39, 0.29) is 5.84 Å². The third kappa shape index (κ3) is 5.11. The van der Waals surface area contributed by atoms with Crippen molar-refractivity contribution in [2.75, 3.05) is 39.3 Å². The van der Waals surface area contributed by atoms with Crippen LogP contribution in [-0.2, 0) is 0 Å². The van der Waals surface area contributed by atoms with E-state index in [1.54, 1.807) is 0 Å². The molecule has 1 saturated heterocycles. The van der Waals surface area contributed by atoms with Crippen LogP contribution in [0.2, 0.25) is 0 Å². The second-order valence-corrected chi connectivity index (χ2v) is 4.89. The highest BCUT2D eigenvalue weighted by Gasteiger charge is 2.22. The fourth-order valence-electron chi connectivity index (χ4n) is 1.89. The smallest absolute Gasteiger partial charge is 0.105 e. The van der Waals surface area contributed by atoms with E-state index in [1.165, 1.54) is 0 Å². The summed E-state index contributed by atoms with van der Waals surface area (Å²) in [6.45, 7) is 8.67. The molecule has 1 rings (SSSR count). The van der Waals surface area contributed by atoms with Crippen molar-refractivity contribution in [1.29, 1.82) is 5.41 Å². The number of aliphatic hydroxyl groups is 1. The van der Waals surface area contributed by atoms with Gasteiger partial charge in [-0.1, -0.05) is 0 Å². The highest BCUT2D eigenvalue weighted by Crippen LogP contribution is 2.08. The van der Waals surface area contributed by atoms with E-state index in [0.29, 0.717) is 13.1 Å². The summed E-state index contributed by atoms with van der Waals surface area (Å²) >= 11 is 0. The molecule has 0 aliphatic carbocycles. The Morgan fingerprint density at radius 1 is 1.27 bits per heavy atom. The number of hydrogen-bond donors (Lipinski definition) is 3. The summed E-state index contributed by atoms with van der Waals surface area (Å²) in [7, 11) is 0. The van der Waals surface area contributed by atoms with Crippen molar-refractivity contribution >= 4 is 5.84 Å². The molecule has 0 spiro atoms. The summed E-state index contributed by atoms with van der Waals surface area (Å²) in [6, 6.07) is 0. The van der Waals surface area contributed by atoms with Crippen LogP contribution in [0.3, 0.4) is 0 Å². The van der Waals surface area contributed by atoms with Crippen LogP contribution in [0, 0.1) is 5.41 Å². The molecule has 1 heterocycles. The lowest BCUT2D eigenvalue weighted by Crippen LogP contribution is -2.51. The zero-order valence-corrected chi connectivity index (χ0v) is 9.66. The van der Waals surface area contributed by atoms with E-state index in [1.807, 2.05) is 13.8 Å². The Hall–Kier alpha value is -0.650. The van der Waals surface area contributed by atoms with Crippen molar-refractivity contribution in [2.24, 2.45) is 5.73 Å². The van der Waals surface area contributed by atoms with Gasteiger partial charge in [-0.3, -0.25) is 15.2 Å². The Bertz CT molecular complexity index is 216. The maximum absolute atomic E-state index is 9.67. The van der Waals surface area contributed by atoms with Crippen LogP contribution in [0.15, 0.2) is 0 Å². The van der Waals surface area contributed by atoms with Gasteiger partial charge in [-0.25, -0.2) is 0 Å². The summed E-state index contributed by atoms with van der Waals surface area (Å²) in [5.74, 6) is 0.228. The molecule has 0 aromatic carbocycles. The first-order valence-electron chi connectivity index (χ1n) is 5.37. The third-order valence-electron chi connectivity index (χ3n) is 2.47. The molecule has 0 unspecified atom stereocenters. The summed E-state index contributed by atoms with van der Waals surface area (Å²) in [4.78, 5) is 4.42. The molecule has 5 nitrogen and oxygen atoms in total. The lowest BCUT2D eigenvalue weighted by molar-refractivity contribution is 0.0197. The molecule has 1 aliphatic rings. The number of nitrogens with one attached hydrogen (secondary N) is 1. The average molecular weight is 214 g/mol. The van der Waals surface area contributed by atoms with Crippen molar-refractivity contribution in [1.82, 2.24) is 9.80 Å². The molecule has 0 amide bonds. The third-order valence-corrected chi connectivity index (χ3v) is 2.47.